The molecule has 0 bridgehead atoms. The van der Waals surface area contributed by atoms with Crippen LogP contribution in [0.2, 0.25) is 0 Å². The van der Waals surface area contributed by atoms with E-state index >= 15 is 0 Å². The van der Waals surface area contributed by atoms with Crippen LogP contribution >= 0.6 is 11.8 Å². The Bertz CT molecular complexity index is 838. The predicted octanol–water partition coefficient (Wildman–Crippen LogP) is 3.51. The lowest BCUT2D eigenvalue weighted by atomic mass is 9.97. The van der Waals surface area contributed by atoms with Gasteiger partial charge in [-0.1, -0.05) is 0 Å². The molecule has 30 heavy (non-hydrogen) atoms. The number of ether oxygens (including phenoxy) is 2. The van der Waals surface area contributed by atoms with E-state index in [0.717, 1.165) is 17.1 Å². The summed E-state index contributed by atoms with van der Waals surface area (Å²) in [5.41, 5.74) is 1.33. The first kappa shape index (κ1) is 23.8. The van der Waals surface area contributed by atoms with Crippen molar-refractivity contribution in [3.05, 3.63) is 46.9 Å². The molecule has 0 amide bonds. The quantitative estimate of drug-likeness (QED) is 0.364. The van der Waals surface area contributed by atoms with Crippen molar-refractivity contribution in [3.63, 3.8) is 0 Å². The van der Waals surface area contributed by atoms with Gasteiger partial charge in [0.25, 0.3) is 0 Å². The largest absolute Gasteiger partial charge is 0.496 e. The number of nitrogens with one attached hydrogen (secondary N) is 1. The minimum Gasteiger partial charge on any atom is -0.496 e. The molecule has 0 aliphatic rings. The number of aryl methyl sites for hydroxylation is 2. The molecule has 1 unspecified atom stereocenters. The third-order valence-corrected chi connectivity index (χ3v) is 5.64. The van der Waals surface area contributed by atoms with E-state index in [-0.39, 0.29) is 11.5 Å². The van der Waals surface area contributed by atoms with Crippen molar-refractivity contribution < 1.29 is 28.6 Å². The van der Waals surface area contributed by atoms with Crippen molar-refractivity contribution in [2.45, 2.75) is 32.7 Å². The molecule has 0 radical (unpaired) electrons. The number of rotatable bonds is 13. The fourth-order valence-corrected chi connectivity index (χ4v) is 3.71. The molecule has 2 N–H and O–H groups in total. The molecule has 2 aromatic rings. The van der Waals surface area contributed by atoms with Gasteiger partial charge in [0.2, 0.25) is 0 Å². The van der Waals surface area contributed by atoms with Crippen molar-refractivity contribution in [2.75, 3.05) is 32.3 Å². The molecule has 0 saturated carbocycles. The zero-order valence-corrected chi connectivity index (χ0v) is 18.6. The fourth-order valence-electron chi connectivity index (χ4n) is 3.13. The van der Waals surface area contributed by atoms with Gasteiger partial charge in [-0.2, -0.15) is 0 Å². The number of ketones is 1. The second-order valence-electron chi connectivity index (χ2n) is 6.87. The van der Waals surface area contributed by atoms with Crippen molar-refractivity contribution in [1.82, 2.24) is 5.32 Å². The highest BCUT2D eigenvalue weighted by Gasteiger charge is 2.22. The standard InChI is InChI=1S/C22H29NO6S/c1-14-5-6-17(29-14)7-8-18(23-9-10-30-13-21(24)25)22(26)16-11-19(27-3)15(2)20(12-16)28-4/h5-6,11-12,18,23H,7-10,13H2,1-4H3,(H,24,25). The molecular weight excluding hydrogens is 406 g/mol. The zero-order chi connectivity index (χ0) is 22.1. The average Bonchev–Trinajstić information content (AvgIpc) is 3.14. The highest BCUT2D eigenvalue weighted by Crippen LogP contribution is 2.30. The Morgan fingerprint density at radius 3 is 2.37 bits per heavy atom. The lowest BCUT2D eigenvalue weighted by molar-refractivity contribution is -0.133. The number of carboxylic acid groups (broad SMARTS) is 1. The van der Waals surface area contributed by atoms with E-state index in [1.807, 2.05) is 26.0 Å². The van der Waals surface area contributed by atoms with Crippen LogP contribution in [0.25, 0.3) is 0 Å². The molecule has 1 aromatic heterocycles. The summed E-state index contributed by atoms with van der Waals surface area (Å²) in [4.78, 5) is 24.0. The van der Waals surface area contributed by atoms with Crippen LogP contribution in [0.15, 0.2) is 28.7 Å². The van der Waals surface area contributed by atoms with Gasteiger partial charge in [-0.15, -0.1) is 11.8 Å². The van der Waals surface area contributed by atoms with Crippen LogP contribution in [0.1, 0.15) is 33.9 Å². The lowest BCUT2D eigenvalue weighted by Gasteiger charge is -2.19. The van der Waals surface area contributed by atoms with E-state index in [1.54, 1.807) is 26.4 Å². The summed E-state index contributed by atoms with van der Waals surface area (Å²) in [5, 5.41) is 12.0. The minimum absolute atomic E-state index is 0.0400. The summed E-state index contributed by atoms with van der Waals surface area (Å²) in [6, 6.07) is 6.82. The molecule has 8 heteroatoms. The third kappa shape index (κ3) is 6.81. The summed E-state index contributed by atoms with van der Waals surface area (Å²) in [5.74, 6) is 2.56. The maximum Gasteiger partial charge on any atom is 0.313 e. The topological polar surface area (TPSA) is 98.0 Å². The number of hydrogen-bond acceptors (Lipinski definition) is 7. The van der Waals surface area contributed by atoms with Crippen LogP contribution < -0.4 is 14.8 Å². The second kappa shape index (κ2) is 11.7. The van der Waals surface area contributed by atoms with Gasteiger partial charge in [-0.05, 0) is 44.5 Å². The normalized spacial score (nSPS) is 11.9. The van der Waals surface area contributed by atoms with Crippen molar-refractivity contribution in [2.24, 2.45) is 0 Å². The number of Topliss-reactive ketones (excluding diaryl/α,β-unsaturated/α-hetero) is 1. The Kier molecular flexibility index (Phi) is 9.26. The van der Waals surface area contributed by atoms with Crippen molar-refractivity contribution >= 4 is 23.5 Å². The number of furan rings is 1. The van der Waals surface area contributed by atoms with Gasteiger partial charge >= 0.3 is 5.97 Å². The van der Waals surface area contributed by atoms with Gasteiger partial charge in [0.1, 0.15) is 23.0 Å². The van der Waals surface area contributed by atoms with Gasteiger partial charge in [-0.25, -0.2) is 0 Å². The van der Waals surface area contributed by atoms with Crippen LogP contribution in [0.5, 0.6) is 11.5 Å². The Hall–Kier alpha value is -2.45. The Morgan fingerprint density at radius 2 is 1.83 bits per heavy atom. The van der Waals surface area contributed by atoms with Gasteiger partial charge < -0.3 is 24.3 Å². The Morgan fingerprint density at radius 1 is 1.17 bits per heavy atom. The van der Waals surface area contributed by atoms with E-state index in [2.05, 4.69) is 5.32 Å². The highest BCUT2D eigenvalue weighted by molar-refractivity contribution is 7.99. The number of benzene rings is 1. The molecule has 0 aliphatic carbocycles. The molecule has 0 fully saturated rings. The Balaban J connectivity index is 2.14. The molecule has 1 aromatic carbocycles. The lowest BCUT2D eigenvalue weighted by Crippen LogP contribution is -2.38. The van der Waals surface area contributed by atoms with Crippen LogP contribution in [0, 0.1) is 13.8 Å². The first-order valence-electron chi connectivity index (χ1n) is 9.70. The number of carbonyl (C=O) groups is 2. The average molecular weight is 436 g/mol. The highest BCUT2D eigenvalue weighted by atomic mass is 32.2. The van der Waals surface area contributed by atoms with E-state index < -0.39 is 12.0 Å². The number of methoxy groups -OCH3 is 2. The molecule has 0 spiro atoms. The third-order valence-electron chi connectivity index (χ3n) is 4.69. The molecule has 1 heterocycles. The van der Waals surface area contributed by atoms with E-state index in [1.165, 1.54) is 11.8 Å². The maximum absolute atomic E-state index is 13.3. The van der Waals surface area contributed by atoms with Gasteiger partial charge in [0.05, 0.1) is 26.0 Å². The fraction of sp³-hybridized carbons (Fsp3) is 0.455. The van der Waals surface area contributed by atoms with E-state index in [4.69, 9.17) is 19.0 Å². The van der Waals surface area contributed by atoms with Gasteiger partial charge in [-0.3, -0.25) is 9.59 Å². The number of thioether (sulfide) groups is 1. The van der Waals surface area contributed by atoms with Crippen LogP contribution in [0.4, 0.5) is 0 Å². The first-order valence-corrected chi connectivity index (χ1v) is 10.9. The number of aliphatic carboxylic acids is 1. The molecule has 1 atom stereocenters. The van der Waals surface area contributed by atoms with E-state index in [0.29, 0.717) is 42.2 Å². The van der Waals surface area contributed by atoms with Crippen LogP contribution in [0.3, 0.4) is 0 Å². The second-order valence-corrected chi connectivity index (χ2v) is 7.98. The predicted molar refractivity (Wildman–Crippen MR) is 117 cm³/mol. The summed E-state index contributed by atoms with van der Waals surface area (Å²) >= 11 is 1.31. The SMILES string of the molecule is COc1cc(C(=O)C(CCc2ccc(C)o2)NCCSCC(=O)O)cc(OC)c1C. The minimum atomic E-state index is -0.848. The van der Waals surface area contributed by atoms with Crippen LogP contribution in [-0.2, 0) is 11.2 Å². The first-order chi connectivity index (χ1) is 14.3. The summed E-state index contributed by atoms with van der Waals surface area (Å²) in [7, 11) is 3.12. The smallest absolute Gasteiger partial charge is 0.313 e. The summed E-state index contributed by atoms with van der Waals surface area (Å²) < 4.78 is 16.4. The molecule has 2 rings (SSSR count). The van der Waals surface area contributed by atoms with Crippen molar-refractivity contribution in [1.29, 1.82) is 0 Å². The number of carbonyl (C=O) groups excluding carboxylic acids is 1. The van der Waals surface area contributed by atoms with Gasteiger partial charge in [0.15, 0.2) is 5.78 Å². The summed E-state index contributed by atoms with van der Waals surface area (Å²) in [6.07, 6.45) is 1.16. The number of hydrogen-bond donors (Lipinski definition) is 2. The van der Waals surface area contributed by atoms with Crippen LogP contribution in [-0.4, -0.2) is 55.2 Å². The monoisotopic (exact) mass is 435 g/mol. The number of carboxylic acids is 1. The summed E-state index contributed by atoms with van der Waals surface area (Å²) in [6.45, 7) is 4.28. The molecular formula is C22H29NO6S. The zero-order valence-electron chi connectivity index (χ0n) is 17.8. The van der Waals surface area contributed by atoms with Crippen molar-refractivity contribution in [3.8, 4) is 11.5 Å². The van der Waals surface area contributed by atoms with Gasteiger partial charge in [0, 0.05) is 29.8 Å². The molecule has 0 aliphatic heterocycles. The Labute approximate surface area is 181 Å². The molecule has 164 valence electrons. The maximum atomic E-state index is 13.3. The van der Waals surface area contributed by atoms with E-state index in [9.17, 15) is 9.59 Å². The molecule has 0 saturated heterocycles. The molecule has 7 nitrogen and oxygen atoms in total.